The Hall–Kier alpha value is -2.16. The third-order valence-electron chi connectivity index (χ3n) is 2.15. The van der Waals surface area contributed by atoms with E-state index in [1.807, 2.05) is 30.3 Å². The minimum atomic E-state index is -0.151. The molecule has 1 N–H and O–H groups in total. The highest BCUT2D eigenvalue weighted by Crippen LogP contribution is 2.12. The Morgan fingerprint density at radius 1 is 1.13 bits per heavy atom. The molecule has 1 aromatic heterocycles. The molecule has 0 aliphatic carbocycles. The molecule has 1 heterocycles. The van der Waals surface area contributed by atoms with Gasteiger partial charge in [-0.2, -0.15) is 0 Å². The largest absolute Gasteiger partial charge is 0.358 e. The van der Waals surface area contributed by atoms with E-state index < -0.39 is 0 Å². The molecule has 2 rings (SSSR count). The van der Waals surface area contributed by atoms with Crippen molar-refractivity contribution in [3.05, 3.63) is 58.5 Å². The van der Waals surface area contributed by atoms with Crippen LogP contribution in [0.4, 0.5) is 0 Å². The monoisotopic (exact) mass is 199 g/mol. The Bertz CT molecular complexity index is 529. The third-order valence-corrected chi connectivity index (χ3v) is 2.15. The first kappa shape index (κ1) is 9.40. The summed E-state index contributed by atoms with van der Waals surface area (Å²) < 4.78 is 0. The van der Waals surface area contributed by atoms with Gasteiger partial charge in [0.1, 0.15) is 0 Å². The fraction of sp³-hybridized carbons (Fsp3) is 0. The minimum absolute atomic E-state index is 0.151. The highest BCUT2D eigenvalue weighted by molar-refractivity contribution is 5.73. The van der Waals surface area contributed by atoms with E-state index in [-0.39, 0.29) is 5.43 Å². The number of benzene rings is 1. The maximum atomic E-state index is 11.6. The van der Waals surface area contributed by atoms with E-state index in [9.17, 15) is 9.59 Å². The Morgan fingerprint density at radius 2 is 1.87 bits per heavy atom. The third kappa shape index (κ3) is 1.86. The number of aromatic nitrogens is 1. The lowest BCUT2D eigenvalue weighted by Gasteiger charge is -1.99. The Balaban J connectivity index is 2.56. The zero-order chi connectivity index (χ0) is 10.7. The van der Waals surface area contributed by atoms with E-state index in [0.29, 0.717) is 17.5 Å². The molecule has 0 unspecified atom stereocenters. The zero-order valence-corrected chi connectivity index (χ0v) is 7.94. The SMILES string of the molecule is O=Cc1cc(=O)c(-c2ccccc2)c[nH]1. The van der Waals surface area contributed by atoms with Crippen LogP contribution in [0.25, 0.3) is 11.1 Å². The normalized spacial score (nSPS) is 9.87. The first-order valence-corrected chi connectivity index (χ1v) is 4.54. The molecule has 1 aromatic carbocycles. The average molecular weight is 199 g/mol. The van der Waals surface area contributed by atoms with Gasteiger partial charge >= 0.3 is 0 Å². The summed E-state index contributed by atoms with van der Waals surface area (Å²) in [6.07, 6.45) is 2.18. The van der Waals surface area contributed by atoms with Crippen molar-refractivity contribution in [2.24, 2.45) is 0 Å². The van der Waals surface area contributed by atoms with Crippen molar-refractivity contribution >= 4 is 6.29 Å². The van der Waals surface area contributed by atoms with E-state index in [2.05, 4.69) is 4.98 Å². The van der Waals surface area contributed by atoms with Crippen molar-refractivity contribution in [3.8, 4) is 11.1 Å². The predicted molar refractivity (Wildman–Crippen MR) is 57.9 cm³/mol. The first-order chi connectivity index (χ1) is 7.31. The van der Waals surface area contributed by atoms with E-state index in [1.165, 1.54) is 6.07 Å². The summed E-state index contributed by atoms with van der Waals surface area (Å²) in [7, 11) is 0. The van der Waals surface area contributed by atoms with E-state index in [4.69, 9.17) is 0 Å². The second-order valence-corrected chi connectivity index (χ2v) is 3.15. The molecule has 74 valence electrons. The molecule has 0 radical (unpaired) electrons. The molecule has 3 nitrogen and oxygen atoms in total. The molecule has 3 heteroatoms. The number of aldehydes is 1. The van der Waals surface area contributed by atoms with Crippen LogP contribution in [-0.4, -0.2) is 11.3 Å². The number of aromatic amines is 1. The van der Waals surface area contributed by atoms with Gasteiger partial charge in [0.15, 0.2) is 11.7 Å². The molecule has 0 atom stereocenters. The van der Waals surface area contributed by atoms with Gasteiger partial charge in [-0.3, -0.25) is 9.59 Å². The Kier molecular flexibility index (Phi) is 2.46. The van der Waals surface area contributed by atoms with Gasteiger partial charge in [0, 0.05) is 17.8 Å². The number of hydrogen-bond acceptors (Lipinski definition) is 2. The average Bonchev–Trinajstić information content (AvgIpc) is 2.30. The predicted octanol–water partition coefficient (Wildman–Crippen LogP) is 1.85. The van der Waals surface area contributed by atoms with E-state index in [0.717, 1.165) is 5.56 Å². The van der Waals surface area contributed by atoms with Crippen molar-refractivity contribution in [3.63, 3.8) is 0 Å². The van der Waals surface area contributed by atoms with Gasteiger partial charge in [0.05, 0.1) is 5.69 Å². The molecule has 0 bridgehead atoms. The van der Waals surface area contributed by atoms with Gasteiger partial charge in [-0.1, -0.05) is 30.3 Å². The molecular formula is C12H9NO2. The number of nitrogens with one attached hydrogen (secondary N) is 1. The first-order valence-electron chi connectivity index (χ1n) is 4.54. The van der Waals surface area contributed by atoms with Gasteiger partial charge in [0.2, 0.25) is 0 Å². The van der Waals surface area contributed by atoms with E-state index in [1.54, 1.807) is 6.20 Å². The van der Waals surface area contributed by atoms with Crippen LogP contribution < -0.4 is 5.43 Å². The van der Waals surface area contributed by atoms with Crippen molar-refractivity contribution in [1.29, 1.82) is 0 Å². The fourth-order valence-corrected chi connectivity index (χ4v) is 1.40. The van der Waals surface area contributed by atoms with Gasteiger partial charge in [-0.25, -0.2) is 0 Å². The van der Waals surface area contributed by atoms with Crippen LogP contribution in [0, 0.1) is 0 Å². The van der Waals surface area contributed by atoms with Crippen LogP contribution in [-0.2, 0) is 0 Å². The highest BCUT2D eigenvalue weighted by atomic mass is 16.1. The van der Waals surface area contributed by atoms with Crippen molar-refractivity contribution in [2.45, 2.75) is 0 Å². The zero-order valence-electron chi connectivity index (χ0n) is 7.94. The summed E-state index contributed by atoms with van der Waals surface area (Å²) in [6.45, 7) is 0. The number of rotatable bonds is 2. The molecule has 0 fully saturated rings. The fourth-order valence-electron chi connectivity index (χ4n) is 1.40. The topological polar surface area (TPSA) is 49.9 Å². The summed E-state index contributed by atoms with van der Waals surface area (Å²) in [5.41, 5.74) is 1.55. The lowest BCUT2D eigenvalue weighted by Crippen LogP contribution is -2.06. The lowest BCUT2D eigenvalue weighted by atomic mass is 10.1. The van der Waals surface area contributed by atoms with Gasteiger partial charge in [0.25, 0.3) is 0 Å². The maximum absolute atomic E-state index is 11.6. The standard InChI is InChI=1S/C12H9NO2/c14-8-10-6-12(15)11(7-13-10)9-4-2-1-3-5-9/h1-8H,(H,13,15). The second-order valence-electron chi connectivity index (χ2n) is 3.15. The Morgan fingerprint density at radius 3 is 2.47 bits per heavy atom. The van der Waals surface area contributed by atoms with Crippen LogP contribution in [0.3, 0.4) is 0 Å². The number of carbonyl (C=O) groups is 1. The van der Waals surface area contributed by atoms with Crippen molar-refractivity contribution in [2.75, 3.05) is 0 Å². The number of H-pyrrole nitrogens is 1. The van der Waals surface area contributed by atoms with E-state index >= 15 is 0 Å². The minimum Gasteiger partial charge on any atom is -0.358 e. The van der Waals surface area contributed by atoms with Crippen LogP contribution >= 0.6 is 0 Å². The van der Waals surface area contributed by atoms with Crippen molar-refractivity contribution in [1.82, 2.24) is 4.98 Å². The molecule has 0 saturated heterocycles. The van der Waals surface area contributed by atoms with Crippen LogP contribution in [0.15, 0.2) is 47.4 Å². The number of hydrogen-bond donors (Lipinski definition) is 1. The molecule has 0 spiro atoms. The lowest BCUT2D eigenvalue weighted by molar-refractivity contribution is 0.111. The van der Waals surface area contributed by atoms with Crippen LogP contribution in [0.2, 0.25) is 0 Å². The second kappa shape index (κ2) is 3.92. The number of pyridine rings is 1. The quantitative estimate of drug-likeness (QED) is 0.750. The maximum Gasteiger partial charge on any atom is 0.190 e. The molecular weight excluding hydrogens is 190 g/mol. The summed E-state index contributed by atoms with van der Waals surface area (Å²) >= 11 is 0. The number of carbonyl (C=O) groups excluding carboxylic acids is 1. The highest BCUT2D eigenvalue weighted by Gasteiger charge is 2.02. The molecule has 0 amide bonds. The molecule has 0 aliphatic rings. The van der Waals surface area contributed by atoms with Gasteiger partial charge in [-0.15, -0.1) is 0 Å². The summed E-state index contributed by atoms with van der Waals surface area (Å²) in [5.74, 6) is 0. The van der Waals surface area contributed by atoms with Gasteiger partial charge < -0.3 is 4.98 Å². The molecule has 15 heavy (non-hydrogen) atoms. The summed E-state index contributed by atoms with van der Waals surface area (Å²) in [5, 5.41) is 0. The van der Waals surface area contributed by atoms with Crippen LogP contribution in [0.1, 0.15) is 10.5 Å². The molecule has 2 aromatic rings. The Labute approximate surface area is 86.4 Å². The molecule has 0 aliphatic heterocycles. The van der Waals surface area contributed by atoms with Gasteiger partial charge in [-0.05, 0) is 5.56 Å². The summed E-state index contributed by atoms with van der Waals surface area (Å²) in [4.78, 5) is 24.8. The smallest absolute Gasteiger partial charge is 0.190 e. The molecule has 0 saturated carbocycles. The van der Waals surface area contributed by atoms with Crippen LogP contribution in [0.5, 0.6) is 0 Å². The summed E-state index contributed by atoms with van der Waals surface area (Å²) in [6, 6.07) is 10.6. The van der Waals surface area contributed by atoms with Crippen molar-refractivity contribution < 1.29 is 4.79 Å².